The van der Waals surface area contributed by atoms with Crippen LogP contribution in [-0.2, 0) is 0 Å². The van der Waals surface area contributed by atoms with E-state index >= 15 is 0 Å². The molecule has 0 aliphatic carbocycles. The highest BCUT2D eigenvalue weighted by atomic mass is 35.5. The zero-order chi connectivity index (χ0) is 16.3. The Morgan fingerprint density at radius 3 is 2.45 bits per heavy atom. The molecule has 0 spiro atoms. The van der Waals surface area contributed by atoms with E-state index in [0.29, 0.717) is 10.8 Å². The van der Waals surface area contributed by atoms with Crippen LogP contribution in [0, 0.1) is 18.6 Å². The average Bonchev–Trinajstić information content (AvgIpc) is 2.53. The zero-order valence-corrected chi connectivity index (χ0v) is 13.8. The molecule has 1 saturated heterocycles. The molecular weight excluding hydrogens is 308 g/mol. The minimum absolute atomic E-state index is 0.185. The summed E-state index contributed by atoms with van der Waals surface area (Å²) < 4.78 is 27.2. The number of anilines is 1. The quantitative estimate of drug-likeness (QED) is 0.860. The van der Waals surface area contributed by atoms with Gasteiger partial charge in [-0.15, -0.1) is 0 Å². The second-order valence-electron chi connectivity index (χ2n) is 4.89. The smallest absolute Gasteiger partial charge is 0.137 e. The van der Waals surface area contributed by atoms with Crippen LogP contribution in [0.25, 0.3) is 10.9 Å². The molecule has 1 fully saturated rings. The number of hydrogen-bond acceptors (Lipinski definition) is 3. The molecule has 22 heavy (non-hydrogen) atoms. The summed E-state index contributed by atoms with van der Waals surface area (Å²) in [7, 11) is 0. The Balaban J connectivity index is 0.000000847. The van der Waals surface area contributed by atoms with E-state index in [1.165, 1.54) is 6.07 Å². The van der Waals surface area contributed by atoms with Gasteiger partial charge in [-0.2, -0.15) is 0 Å². The second kappa shape index (κ2) is 7.20. The van der Waals surface area contributed by atoms with Crippen LogP contribution in [0.3, 0.4) is 0 Å². The molecule has 0 saturated carbocycles. The number of aromatic nitrogens is 1. The predicted octanol–water partition coefficient (Wildman–Crippen LogP) is 3.91. The third-order valence-corrected chi connectivity index (χ3v) is 4.03. The van der Waals surface area contributed by atoms with Gasteiger partial charge in [0, 0.05) is 43.9 Å². The molecule has 0 amide bonds. The molecule has 1 aromatic heterocycles. The van der Waals surface area contributed by atoms with Gasteiger partial charge in [-0.3, -0.25) is 0 Å². The number of halogens is 3. The molecule has 2 aromatic rings. The Morgan fingerprint density at radius 2 is 1.82 bits per heavy atom. The van der Waals surface area contributed by atoms with Crippen molar-refractivity contribution >= 4 is 28.3 Å². The standard InChI is InChI=1S/C14H14ClF2N3.C2H6/c1-8-13(15)12-10(17)6-9(16)7-11(12)19-14(8)20-4-2-18-3-5-20;1-2/h6-7,18H,2-5H2,1H3;1-2H3. The van der Waals surface area contributed by atoms with Crippen molar-refractivity contribution in [2.24, 2.45) is 0 Å². The number of hydrogen-bond donors (Lipinski definition) is 1. The van der Waals surface area contributed by atoms with Gasteiger partial charge in [0.25, 0.3) is 0 Å². The van der Waals surface area contributed by atoms with Gasteiger partial charge in [0.05, 0.1) is 15.9 Å². The van der Waals surface area contributed by atoms with Crippen LogP contribution in [0.15, 0.2) is 12.1 Å². The van der Waals surface area contributed by atoms with Crippen molar-refractivity contribution in [3.05, 3.63) is 34.4 Å². The number of piperazine rings is 1. The Bertz CT molecular complexity index is 670. The summed E-state index contributed by atoms with van der Waals surface area (Å²) in [5, 5.41) is 3.74. The van der Waals surface area contributed by atoms with Gasteiger partial charge in [0.15, 0.2) is 0 Å². The molecule has 120 valence electrons. The van der Waals surface area contributed by atoms with Crippen LogP contribution in [-0.4, -0.2) is 31.2 Å². The van der Waals surface area contributed by atoms with E-state index in [2.05, 4.69) is 15.2 Å². The summed E-state index contributed by atoms with van der Waals surface area (Å²) in [6, 6.07) is 2.05. The number of nitrogens with one attached hydrogen (secondary N) is 1. The molecular formula is C16H20ClF2N3. The summed E-state index contributed by atoms with van der Waals surface area (Å²) in [6.07, 6.45) is 0. The molecule has 0 unspecified atom stereocenters. The van der Waals surface area contributed by atoms with Crippen LogP contribution in [0.4, 0.5) is 14.6 Å². The topological polar surface area (TPSA) is 28.2 Å². The molecule has 1 N–H and O–H groups in total. The molecule has 3 rings (SSSR count). The van der Waals surface area contributed by atoms with Crippen molar-refractivity contribution < 1.29 is 8.78 Å². The molecule has 1 aliphatic heterocycles. The maximum Gasteiger partial charge on any atom is 0.137 e. The van der Waals surface area contributed by atoms with Crippen molar-refractivity contribution in [2.45, 2.75) is 20.8 Å². The number of pyridine rings is 1. The van der Waals surface area contributed by atoms with Crippen molar-refractivity contribution in [1.29, 1.82) is 0 Å². The molecule has 6 heteroatoms. The fraction of sp³-hybridized carbons (Fsp3) is 0.438. The highest BCUT2D eigenvalue weighted by Crippen LogP contribution is 2.34. The Morgan fingerprint density at radius 1 is 1.18 bits per heavy atom. The summed E-state index contributed by atoms with van der Waals surface area (Å²) >= 11 is 6.26. The minimum Gasteiger partial charge on any atom is -0.354 e. The lowest BCUT2D eigenvalue weighted by Gasteiger charge is -2.30. The maximum atomic E-state index is 13.9. The van der Waals surface area contributed by atoms with E-state index in [1.54, 1.807) is 0 Å². The normalized spacial score (nSPS) is 14.7. The molecule has 0 radical (unpaired) electrons. The van der Waals surface area contributed by atoms with Crippen molar-refractivity contribution in [3.8, 4) is 0 Å². The summed E-state index contributed by atoms with van der Waals surface area (Å²) in [6.45, 7) is 9.12. The highest BCUT2D eigenvalue weighted by Gasteiger charge is 2.20. The van der Waals surface area contributed by atoms with E-state index < -0.39 is 11.6 Å². The number of fused-ring (bicyclic) bond motifs is 1. The van der Waals surface area contributed by atoms with Gasteiger partial charge in [-0.05, 0) is 6.92 Å². The van der Waals surface area contributed by atoms with Gasteiger partial charge in [-0.25, -0.2) is 13.8 Å². The van der Waals surface area contributed by atoms with E-state index in [-0.39, 0.29) is 10.9 Å². The average molecular weight is 328 g/mol. The predicted molar refractivity (Wildman–Crippen MR) is 87.8 cm³/mol. The molecule has 1 aromatic carbocycles. The minimum atomic E-state index is -0.674. The Labute approximate surface area is 134 Å². The highest BCUT2D eigenvalue weighted by molar-refractivity contribution is 6.36. The van der Waals surface area contributed by atoms with Crippen molar-refractivity contribution in [2.75, 3.05) is 31.1 Å². The Hall–Kier alpha value is -1.46. The van der Waals surface area contributed by atoms with E-state index in [0.717, 1.165) is 37.8 Å². The summed E-state index contributed by atoms with van der Waals surface area (Å²) in [5.74, 6) is -0.616. The zero-order valence-electron chi connectivity index (χ0n) is 13.0. The van der Waals surface area contributed by atoms with Crippen LogP contribution in [0.1, 0.15) is 19.4 Å². The second-order valence-corrected chi connectivity index (χ2v) is 5.27. The van der Waals surface area contributed by atoms with E-state index in [1.807, 2.05) is 20.8 Å². The first-order valence-corrected chi connectivity index (χ1v) is 7.86. The molecule has 0 bridgehead atoms. The van der Waals surface area contributed by atoms with Gasteiger partial charge in [-0.1, -0.05) is 25.4 Å². The number of rotatable bonds is 1. The SMILES string of the molecule is CC.Cc1c(N2CCNCC2)nc2cc(F)cc(F)c2c1Cl. The van der Waals surface area contributed by atoms with Crippen molar-refractivity contribution in [1.82, 2.24) is 10.3 Å². The van der Waals surface area contributed by atoms with Crippen LogP contribution in [0.2, 0.25) is 5.02 Å². The third kappa shape index (κ3) is 3.15. The fourth-order valence-corrected chi connectivity index (χ4v) is 2.81. The van der Waals surface area contributed by atoms with E-state index in [4.69, 9.17) is 11.6 Å². The fourth-order valence-electron chi connectivity index (χ4n) is 2.53. The van der Waals surface area contributed by atoms with Crippen LogP contribution < -0.4 is 10.2 Å². The largest absolute Gasteiger partial charge is 0.354 e. The number of benzene rings is 1. The maximum absolute atomic E-state index is 13.9. The lowest BCUT2D eigenvalue weighted by atomic mass is 10.1. The van der Waals surface area contributed by atoms with Gasteiger partial charge in [0.1, 0.15) is 17.5 Å². The molecule has 2 heterocycles. The Kier molecular flexibility index (Phi) is 5.53. The van der Waals surface area contributed by atoms with Gasteiger partial charge < -0.3 is 10.2 Å². The van der Waals surface area contributed by atoms with Crippen molar-refractivity contribution in [3.63, 3.8) is 0 Å². The summed E-state index contributed by atoms with van der Waals surface area (Å²) in [5.41, 5.74) is 0.984. The monoisotopic (exact) mass is 327 g/mol. The van der Waals surface area contributed by atoms with Gasteiger partial charge in [0.2, 0.25) is 0 Å². The lowest BCUT2D eigenvalue weighted by Crippen LogP contribution is -2.44. The first-order chi connectivity index (χ1) is 10.6. The first kappa shape index (κ1) is 16.9. The lowest BCUT2D eigenvalue weighted by molar-refractivity contribution is 0.583. The van der Waals surface area contributed by atoms with E-state index in [9.17, 15) is 8.78 Å². The first-order valence-electron chi connectivity index (χ1n) is 7.48. The third-order valence-electron chi connectivity index (χ3n) is 3.56. The van der Waals surface area contributed by atoms with Crippen LogP contribution >= 0.6 is 11.6 Å². The molecule has 1 aliphatic rings. The molecule has 3 nitrogen and oxygen atoms in total. The number of nitrogens with zero attached hydrogens (tertiary/aromatic N) is 2. The van der Waals surface area contributed by atoms with Crippen LogP contribution in [0.5, 0.6) is 0 Å². The molecule has 0 atom stereocenters. The summed E-state index contributed by atoms with van der Waals surface area (Å²) in [4.78, 5) is 6.50. The van der Waals surface area contributed by atoms with Gasteiger partial charge >= 0.3 is 0 Å².